The third-order valence-electron chi connectivity index (χ3n) is 4.84. The normalized spacial score (nSPS) is 15.7. The Kier molecular flexibility index (Phi) is 4.71. The molecule has 1 aliphatic rings. The quantitative estimate of drug-likeness (QED) is 0.712. The van der Waals surface area contributed by atoms with Gasteiger partial charge in [0.05, 0.1) is 24.2 Å². The molecule has 2 heterocycles. The molecular weight excluding hydrogens is 324 g/mol. The number of likely N-dealkylation sites (tertiary alicyclic amines) is 1. The van der Waals surface area contributed by atoms with Gasteiger partial charge in [-0.2, -0.15) is 5.26 Å². The van der Waals surface area contributed by atoms with Crippen molar-refractivity contribution in [3.8, 4) is 6.07 Å². The Balaban J connectivity index is 1.70. The van der Waals surface area contributed by atoms with Gasteiger partial charge in [-0.25, -0.2) is 4.68 Å². The Morgan fingerprint density at radius 3 is 2.42 bits per heavy atom. The van der Waals surface area contributed by atoms with Gasteiger partial charge in [0.1, 0.15) is 0 Å². The smallest absolute Gasteiger partial charge is 0.173 e. The van der Waals surface area contributed by atoms with Crippen LogP contribution in [0.2, 0.25) is 0 Å². The molecule has 2 aromatic carbocycles. The van der Waals surface area contributed by atoms with Crippen LogP contribution in [0.4, 0.5) is 0 Å². The minimum absolute atomic E-state index is 0.00366. The molecule has 3 aromatic rings. The second-order valence-electron chi connectivity index (χ2n) is 6.56. The predicted octanol–water partition coefficient (Wildman–Crippen LogP) is 2.78. The fourth-order valence-electron chi connectivity index (χ4n) is 3.54. The Bertz CT molecular complexity index is 888. The number of nitriles is 1. The van der Waals surface area contributed by atoms with Crippen molar-refractivity contribution >= 4 is 0 Å². The SMILES string of the molecule is N#Cc1ccc([C@H](c2nnnn2Cc2ccccc2)N2CCCC2)cc1. The molecule has 1 fully saturated rings. The number of rotatable bonds is 5. The van der Waals surface area contributed by atoms with Gasteiger partial charge in [-0.1, -0.05) is 42.5 Å². The van der Waals surface area contributed by atoms with Crippen molar-refractivity contribution in [1.82, 2.24) is 25.1 Å². The van der Waals surface area contributed by atoms with Crippen LogP contribution in [0, 0.1) is 11.3 Å². The summed E-state index contributed by atoms with van der Waals surface area (Å²) in [5.41, 5.74) is 2.95. The second kappa shape index (κ2) is 7.46. The van der Waals surface area contributed by atoms with Crippen LogP contribution < -0.4 is 0 Å². The third-order valence-corrected chi connectivity index (χ3v) is 4.84. The third kappa shape index (κ3) is 3.35. The molecule has 6 heteroatoms. The molecule has 1 aromatic heterocycles. The van der Waals surface area contributed by atoms with E-state index < -0.39 is 0 Å². The highest BCUT2D eigenvalue weighted by molar-refractivity contribution is 5.35. The lowest BCUT2D eigenvalue weighted by atomic mass is 10.0. The zero-order chi connectivity index (χ0) is 17.8. The van der Waals surface area contributed by atoms with Crippen molar-refractivity contribution in [1.29, 1.82) is 5.26 Å². The maximum atomic E-state index is 9.07. The van der Waals surface area contributed by atoms with Gasteiger partial charge >= 0.3 is 0 Å². The number of nitrogens with zero attached hydrogens (tertiary/aromatic N) is 6. The summed E-state index contributed by atoms with van der Waals surface area (Å²) in [4.78, 5) is 2.43. The second-order valence-corrected chi connectivity index (χ2v) is 6.56. The molecule has 130 valence electrons. The summed E-state index contributed by atoms with van der Waals surface area (Å²) >= 11 is 0. The molecule has 0 aliphatic carbocycles. The molecule has 0 unspecified atom stereocenters. The molecule has 0 bridgehead atoms. The summed E-state index contributed by atoms with van der Waals surface area (Å²) in [6, 6.07) is 20.2. The highest BCUT2D eigenvalue weighted by Crippen LogP contribution is 2.30. The van der Waals surface area contributed by atoms with Gasteiger partial charge in [0.25, 0.3) is 0 Å². The molecule has 0 saturated carbocycles. The van der Waals surface area contributed by atoms with Gasteiger partial charge in [0.2, 0.25) is 0 Å². The average Bonchev–Trinajstić information content (AvgIpc) is 3.37. The zero-order valence-electron chi connectivity index (χ0n) is 14.5. The van der Waals surface area contributed by atoms with Crippen LogP contribution in [-0.2, 0) is 6.54 Å². The van der Waals surface area contributed by atoms with E-state index in [1.54, 1.807) is 0 Å². The lowest BCUT2D eigenvalue weighted by molar-refractivity contribution is 0.264. The predicted molar refractivity (Wildman–Crippen MR) is 97.2 cm³/mol. The highest BCUT2D eigenvalue weighted by Gasteiger charge is 2.29. The van der Waals surface area contributed by atoms with E-state index in [-0.39, 0.29) is 6.04 Å². The molecule has 4 rings (SSSR count). The van der Waals surface area contributed by atoms with Crippen molar-refractivity contribution in [3.05, 3.63) is 77.1 Å². The van der Waals surface area contributed by atoms with Crippen LogP contribution in [-0.4, -0.2) is 38.2 Å². The van der Waals surface area contributed by atoms with E-state index in [1.165, 1.54) is 18.4 Å². The maximum absolute atomic E-state index is 9.07. The molecule has 0 spiro atoms. The van der Waals surface area contributed by atoms with Gasteiger partial charge < -0.3 is 0 Å². The highest BCUT2D eigenvalue weighted by atomic mass is 15.5. The van der Waals surface area contributed by atoms with E-state index in [1.807, 2.05) is 47.1 Å². The molecule has 6 nitrogen and oxygen atoms in total. The van der Waals surface area contributed by atoms with Crippen molar-refractivity contribution in [2.75, 3.05) is 13.1 Å². The molecule has 0 N–H and O–H groups in total. The number of hydrogen-bond donors (Lipinski definition) is 0. The number of aromatic nitrogens is 4. The monoisotopic (exact) mass is 344 g/mol. The van der Waals surface area contributed by atoms with Crippen molar-refractivity contribution in [2.24, 2.45) is 0 Å². The molecule has 0 radical (unpaired) electrons. The van der Waals surface area contributed by atoms with Crippen LogP contribution in [0.1, 0.15) is 41.4 Å². The maximum Gasteiger partial charge on any atom is 0.173 e. The lowest BCUT2D eigenvalue weighted by Gasteiger charge is -2.27. The molecule has 0 amide bonds. The molecular formula is C20H20N6. The molecule has 1 saturated heterocycles. The zero-order valence-corrected chi connectivity index (χ0v) is 14.5. The van der Waals surface area contributed by atoms with Crippen LogP contribution in [0.15, 0.2) is 54.6 Å². The largest absolute Gasteiger partial charge is 0.290 e. The summed E-state index contributed by atoms with van der Waals surface area (Å²) < 4.78 is 1.89. The van der Waals surface area contributed by atoms with Gasteiger partial charge in [0, 0.05) is 0 Å². The summed E-state index contributed by atoms with van der Waals surface area (Å²) in [6.07, 6.45) is 2.38. The van der Waals surface area contributed by atoms with E-state index in [0.29, 0.717) is 12.1 Å². The van der Waals surface area contributed by atoms with Crippen LogP contribution in [0.3, 0.4) is 0 Å². The average molecular weight is 344 g/mol. The Hall–Kier alpha value is -3.04. The van der Waals surface area contributed by atoms with Crippen LogP contribution in [0.25, 0.3) is 0 Å². The topological polar surface area (TPSA) is 70.6 Å². The summed E-state index contributed by atoms with van der Waals surface area (Å²) in [5.74, 6) is 0.848. The minimum Gasteiger partial charge on any atom is -0.290 e. The van der Waals surface area contributed by atoms with Crippen molar-refractivity contribution < 1.29 is 0 Å². The lowest BCUT2D eigenvalue weighted by Crippen LogP contribution is -2.29. The summed E-state index contributed by atoms with van der Waals surface area (Å²) in [5, 5.41) is 21.6. The van der Waals surface area contributed by atoms with Crippen molar-refractivity contribution in [3.63, 3.8) is 0 Å². The minimum atomic E-state index is 0.00366. The van der Waals surface area contributed by atoms with E-state index in [4.69, 9.17) is 5.26 Å². The summed E-state index contributed by atoms with van der Waals surface area (Å²) in [7, 11) is 0. The Morgan fingerprint density at radius 2 is 1.73 bits per heavy atom. The molecule has 26 heavy (non-hydrogen) atoms. The van der Waals surface area contributed by atoms with Gasteiger partial charge in [-0.3, -0.25) is 4.90 Å². The van der Waals surface area contributed by atoms with E-state index in [0.717, 1.165) is 24.5 Å². The van der Waals surface area contributed by atoms with Gasteiger partial charge in [-0.05, 0) is 59.6 Å². The van der Waals surface area contributed by atoms with E-state index in [9.17, 15) is 0 Å². The van der Waals surface area contributed by atoms with Gasteiger partial charge in [0.15, 0.2) is 5.82 Å². The first-order valence-corrected chi connectivity index (χ1v) is 8.89. The van der Waals surface area contributed by atoms with Crippen LogP contribution in [0.5, 0.6) is 0 Å². The first-order chi connectivity index (χ1) is 12.8. The Labute approximate surface area is 152 Å². The molecule has 1 aliphatic heterocycles. The first kappa shape index (κ1) is 16.4. The fourth-order valence-corrected chi connectivity index (χ4v) is 3.54. The summed E-state index contributed by atoms with van der Waals surface area (Å²) in [6.45, 7) is 2.70. The number of hydrogen-bond acceptors (Lipinski definition) is 5. The first-order valence-electron chi connectivity index (χ1n) is 8.89. The number of benzene rings is 2. The molecule has 1 atom stereocenters. The number of tetrazole rings is 1. The van der Waals surface area contributed by atoms with Crippen LogP contribution >= 0.6 is 0 Å². The Morgan fingerprint density at radius 1 is 1.00 bits per heavy atom. The van der Waals surface area contributed by atoms with E-state index in [2.05, 4.69) is 38.6 Å². The van der Waals surface area contributed by atoms with E-state index >= 15 is 0 Å². The van der Waals surface area contributed by atoms with Gasteiger partial charge in [-0.15, -0.1) is 5.10 Å². The fraction of sp³-hybridized carbons (Fsp3) is 0.300. The standard InChI is InChI=1S/C20H20N6/c21-14-16-8-10-18(11-9-16)19(25-12-4-5-13-25)20-22-23-24-26(20)15-17-6-2-1-3-7-17/h1-3,6-11,19H,4-5,12-13,15H2/t19-/m1/s1. The van der Waals surface area contributed by atoms with Crippen molar-refractivity contribution in [2.45, 2.75) is 25.4 Å².